The zero-order valence-corrected chi connectivity index (χ0v) is 14.9. The Kier molecular flexibility index (Phi) is 5.54. The summed E-state index contributed by atoms with van der Waals surface area (Å²) in [5.41, 5.74) is 6.87. The second-order valence-corrected chi connectivity index (χ2v) is 6.29. The summed E-state index contributed by atoms with van der Waals surface area (Å²) >= 11 is 0. The number of pyridine rings is 1. The Hall–Kier alpha value is -3.27. The normalized spacial score (nSPS) is 11.4. The van der Waals surface area contributed by atoms with Gasteiger partial charge in [0.2, 0.25) is 0 Å². The van der Waals surface area contributed by atoms with Crippen molar-refractivity contribution in [3.63, 3.8) is 0 Å². The molecule has 0 bridgehead atoms. The zero-order valence-electron chi connectivity index (χ0n) is 14.9. The first-order valence-corrected chi connectivity index (χ1v) is 8.59. The summed E-state index contributed by atoms with van der Waals surface area (Å²) in [5, 5.41) is 4.38. The van der Waals surface area contributed by atoms with E-state index in [2.05, 4.69) is 29.4 Å². The van der Waals surface area contributed by atoms with Crippen LogP contribution in [-0.2, 0) is 0 Å². The molecular formula is C22H21N3O. The van der Waals surface area contributed by atoms with Gasteiger partial charge in [0, 0.05) is 29.1 Å². The van der Waals surface area contributed by atoms with E-state index in [1.54, 1.807) is 12.4 Å². The van der Waals surface area contributed by atoms with Crippen LogP contribution in [0.5, 0.6) is 0 Å². The molecule has 1 heterocycles. The van der Waals surface area contributed by atoms with Gasteiger partial charge in [0.25, 0.3) is 5.91 Å². The van der Waals surface area contributed by atoms with Gasteiger partial charge >= 0.3 is 0 Å². The lowest BCUT2D eigenvalue weighted by atomic mass is 10.0. The summed E-state index contributed by atoms with van der Waals surface area (Å²) in [6.45, 7) is 4.25. The Balaban J connectivity index is 1.85. The summed E-state index contributed by atoms with van der Waals surface area (Å²) in [6, 6.07) is 21.1. The number of aromatic nitrogens is 1. The van der Waals surface area contributed by atoms with Gasteiger partial charge in [-0.25, -0.2) is 5.43 Å². The molecule has 0 spiro atoms. The third kappa shape index (κ3) is 4.22. The number of amides is 1. The second-order valence-electron chi connectivity index (χ2n) is 6.29. The van der Waals surface area contributed by atoms with E-state index in [9.17, 15) is 4.79 Å². The van der Waals surface area contributed by atoms with Crippen LogP contribution < -0.4 is 5.43 Å². The van der Waals surface area contributed by atoms with Gasteiger partial charge in [0.15, 0.2) is 0 Å². The Morgan fingerprint density at radius 2 is 1.58 bits per heavy atom. The highest BCUT2D eigenvalue weighted by atomic mass is 16.2. The van der Waals surface area contributed by atoms with Crippen molar-refractivity contribution >= 4 is 11.6 Å². The molecule has 0 fully saturated rings. The molecule has 2 aromatic carbocycles. The lowest BCUT2D eigenvalue weighted by Crippen LogP contribution is -2.20. The van der Waals surface area contributed by atoms with Gasteiger partial charge in [-0.05, 0) is 35.7 Å². The summed E-state index contributed by atoms with van der Waals surface area (Å²) in [5.74, 6) is 0.193. The quantitative estimate of drug-likeness (QED) is 0.552. The maximum atomic E-state index is 12.5. The highest BCUT2D eigenvalue weighted by molar-refractivity contribution is 6.13. The van der Waals surface area contributed by atoms with E-state index >= 15 is 0 Å². The summed E-state index contributed by atoms with van der Waals surface area (Å²) in [6.07, 6.45) is 3.44. The van der Waals surface area contributed by atoms with Crippen molar-refractivity contribution in [2.75, 3.05) is 0 Å². The molecule has 26 heavy (non-hydrogen) atoms. The third-order valence-corrected chi connectivity index (χ3v) is 4.09. The Morgan fingerprint density at radius 3 is 2.19 bits per heavy atom. The topological polar surface area (TPSA) is 54.4 Å². The van der Waals surface area contributed by atoms with Crippen molar-refractivity contribution in [2.45, 2.75) is 19.8 Å². The Labute approximate surface area is 153 Å². The first-order chi connectivity index (χ1) is 12.6. The van der Waals surface area contributed by atoms with Crippen LogP contribution in [0, 0.1) is 0 Å². The molecular weight excluding hydrogens is 322 g/mol. The molecule has 4 heteroatoms. The molecule has 0 atom stereocenters. The van der Waals surface area contributed by atoms with E-state index in [1.807, 2.05) is 66.7 Å². The molecule has 0 saturated heterocycles. The van der Waals surface area contributed by atoms with Gasteiger partial charge < -0.3 is 0 Å². The maximum Gasteiger partial charge on any atom is 0.271 e. The molecule has 0 unspecified atom stereocenters. The van der Waals surface area contributed by atoms with E-state index in [1.165, 1.54) is 5.56 Å². The first-order valence-electron chi connectivity index (χ1n) is 8.59. The first kappa shape index (κ1) is 17.5. The molecule has 0 saturated carbocycles. The van der Waals surface area contributed by atoms with Crippen LogP contribution in [0.4, 0.5) is 0 Å². The van der Waals surface area contributed by atoms with Crippen molar-refractivity contribution in [1.29, 1.82) is 0 Å². The van der Waals surface area contributed by atoms with Crippen molar-refractivity contribution < 1.29 is 4.79 Å². The minimum Gasteiger partial charge on any atom is -0.267 e. The van der Waals surface area contributed by atoms with Gasteiger partial charge in [-0.2, -0.15) is 5.10 Å². The van der Waals surface area contributed by atoms with Crippen molar-refractivity contribution in [1.82, 2.24) is 10.4 Å². The second kappa shape index (κ2) is 8.21. The van der Waals surface area contributed by atoms with E-state index in [0.717, 1.165) is 11.1 Å². The number of benzene rings is 2. The van der Waals surface area contributed by atoms with Crippen LogP contribution in [0.25, 0.3) is 0 Å². The average molecular weight is 343 g/mol. The molecule has 4 nitrogen and oxygen atoms in total. The highest BCUT2D eigenvalue weighted by Crippen LogP contribution is 2.15. The Bertz CT molecular complexity index is 844. The largest absolute Gasteiger partial charge is 0.271 e. The molecule has 1 N–H and O–H groups in total. The predicted molar refractivity (Wildman–Crippen MR) is 104 cm³/mol. The van der Waals surface area contributed by atoms with Gasteiger partial charge in [0.05, 0.1) is 5.71 Å². The van der Waals surface area contributed by atoms with Gasteiger partial charge in [-0.3, -0.25) is 9.78 Å². The van der Waals surface area contributed by atoms with E-state index in [-0.39, 0.29) is 5.91 Å². The number of carbonyl (C=O) groups is 1. The average Bonchev–Trinajstić information content (AvgIpc) is 2.69. The minimum absolute atomic E-state index is 0.238. The van der Waals surface area contributed by atoms with Gasteiger partial charge in [0.1, 0.15) is 0 Å². The number of nitrogens with zero attached hydrogens (tertiary/aromatic N) is 2. The minimum atomic E-state index is -0.238. The summed E-state index contributed by atoms with van der Waals surface area (Å²) in [7, 11) is 0. The fraction of sp³-hybridized carbons (Fsp3) is 0.136. The molecule has 1 aromatic heterocycles. The smallest absolute Gasteiger partial charge is 0.267 e. The maximum absolute atomic E-state index is 12.5. The number of hydrogen-bond acceptors (Lipinski definition) is 3. The van der Waals surface area contributed by atoms with Crippen LogP contribution in [-0.4, -0.2) is 16.6 Å². The van der Waals surface area contributed by atoms with Crippen LogP contribution in [0.3, 0.4) is 0 Å². The molecule has 130 valence electrons. The molecule has 3 rings (SSSR count). The number of nitrogens with one attached hydrogen (secondary N) is 1. The SMILES string of the molecule is CC(C)c1ccc(C(=O)N/N=C(\c2ccccc2)c2cccnc2)cc1. The number of rotatable bonds is 5. The van der Waals surface area contributed by atoms with E-state index in [4.69, 9.17) is 0 Å². The lowest BCUT2D eigenvalue weighted by Gasteiger charge is -2.09. The molecule has 0 aliphatic rings. The Morgan fingerprint density at radius 1 is 0.885 bits per heavy atom. The number of carbonyl (C=O) groups excluding carboxylic acids is 1. The van der Waals surface area contributed by atoms with Crippen LogP contribution in [0.15, 0.2) is 84.2 Å². The number of hydrazone groups is 1. The fourth-order valence-electron chi connectivity index (χ4n) is 2.59. The molecule has 0 aliphatic carbocycles. The third-order valence-electron chi connectivity index (χ3n) is 4.09. The summed E-state index contributed by atoms with van der Waals surface area (Å²) < 4.78 is 0. The standard InChI is InChI=1S/C22H21N3O/c1-16(2)17-10-12-19(13-11-17)22(26)25-24-21(18-7-4-3-5-8-18)20-9-6-14-23-15-20/h3-16H,1-2H3,(H,25,26)/b24-21+. The van der Waals surface area contributed by atoms with Crippen molar-refractivity contribution in [3.8, 4) is 0 Å². The highest BCUT2D eigenvalue weighted by Gasteiger charge is 2.10. The fourth-order valence-corrected chi connectivity index (χ4v) is 2.59. The number of hydrogen-bond donors (Lipinski definition) is 1. The monoisotopic (exact) mass is 343 g/mol. The van der Waals surface area contributed by atoms with E-state index < -0.39 is 0 Å². The van der Waals surface area contributed by atoms with Crippen LogP contribution in [0.1, 0.15) is 46.8 Å². The molecule has 0 radical (unpaired) electrons. The molecule has 3 aromatic rings. The zero-order chi connectivity index (χ0) is 18.4. The predicted octanol–water partition coefficient (Wildman–Crippen LogP) is 4.39. The van der Waals surface area contributed by atoms with Gasteiger partial charge in [-0.15, -0.1) is 0 Å². The van der Waals surface area contributed by atoms with Crippen molar-refractivity contribution in [3.05, 3.63) is 101 Å². The van der Waals surface area contributed by atoms with Gasteiger partial charge in [-0.1, -0.05) is 56.3 Å². The lowest BCUT2D eigenvalue weighted by molar-refractivity contribution is 0.0955. The molecule has 1 amide bonds. The van der Waals surface area contributed by atoms with Crippen LogP contribution in [0.2, 0.25) is 0 Å². The van der Waals surface area contributed by atoms with Crippen LogP contribution >= 0.6 is 0 Å². The van der Waals surface area contributed by atoms with Crippen molar-refractivity contribution in [2.24, 2.45) is 5.10 Å². The van der Waals surface area contributed by atoms with E-state index in [0.29, 0.717) is 17.2 Å². The molecule has 0 aliphatic heterocycles. The summed E-state index contributed by atoms with van der Waals surface area (Å²) in [4.78, 5) is 16.6.